The Morgan fingerprint density at radius 1 is 1.05 bits per heavy atom. The second-order valence-corrected chi connectivity index (χ2v) is 5.18. The van der Waals surface area contributed by atoms with E-state index in [-0.39, 0.29) is 6.61 Å². The lowest BCUT2D eigenvalue weighted by Gasteiger charge is -2.14. The molecule has 0 fully saturated rings. The molecule has 0 aliphatic rings. The lowest BCUT2D eigenvalue weighted by Crippen LogP contribution is -2.24. The van der Waals surface area contributed by atoms with Gasteiger partial charge < -0.3 is 14.9 Å². The number of rotatable bonds is 6. The van der Waals surface area contributed by atoms with Crippen molar-refractivity contribution in [1.82, 2.24) is 0 Å². The maximum Gasteiger partial charge on any atom is 0.313 e. The number of ether oxygens (including phenoxy) is 1. The van der Waals surface area contributed by atoms with Crippen molar-refractivity contribution in [2.45, 2.75) is 18.9 Å². The Labute approximate surface area is 130 Å². The van der Waals surface area contributed by atoms with Crippen molar-refractivity contribution < 1.29 is 19.7 Å². The van der Waals surface area contributed by atoms with E-state index in [2.05, 4.69) is 0 Å². The van der Waals surface area contributed by atoms with Crippen LogP contribution >= 0.6 is 0 Å². The highest BCUT2D eigenvalue weighted by Gasteiger charge is 2.18. The molecule has 116 valence electrons. The van der Waals surface area contributed by atoms with Crippen LogP contribution in [0.2, 0.25) is 0 Å². The first-order valence-electron chi connectivity index (χ1n) is 7.22. The minimum atomic E-state index is -1.03. The van der Waals surface area contributed by atoms with Gasteiger partial charge in [0.1, 0.15) is 12.7 Å². The van der Waals surface area contributed by atoms with E-state index in [9.17, 15) is 9.90 Å². The molecule has 0 aromatic heterocycles. The number of esters is 1. The molecular weight excluding hydrogens is 280 g/mol. The van der Waals surface area contributed by atoms with E-state index in [0.717, 1.165) is 16.7 Å². The van der Waals surface area contributed by atoms with Crippen molar-refractivity contribution in [2.24, 2.45) is 0 Å². The number of carbonyl (C=O) groups is 1. The third kappa shape index (κ3) is 4.16. The normalized spacial score (nSPS) is 13.4. The van der Waals surface area contributed by atoms with Crippen LogP contribution in [0.5, 0.6) is 0 Å². The molecule has 0 saturated heterocycles. The van der Waals surface area contributed by atoms with Crippen LogP contribution in [0.3, 0.4) is 0 Å². The molecule has 2 N–H and O–H groups in total. The van der Waals surface area contributed by atoms with E-state index >= 15 is 0 Å². The average Bonchev–Trinajstić information content (AvgIpc) is 2.59. The molecule has 2 atom stereocenters. The zero-order valence-corrected chi connectivity index (χ0v) is 12.5. The van der Waals surface area contributed by atoms with Crippen molar-refractivity contribution in [3.63, 3.8) is 0 Å². The van der Waals surface area contributed by atoms with E-state index in [1.54, 1.807) is 6.92 Å². The lowest BCUT2D eigenvalue weighted by molar-refractivity contribution is -0.148. The summed E-state index contributed by atoms with van der Waals surface area (Å²) >= 11 is 0. The van der Waals surface area contributed by atoms with Gasteiger partial charge in [-0.05, 0) is 23.6 Å². The summed E-state index contributed by atoms with van der Waals surface area (Å²) in [5.41, 5.74) is 3.05. The molecule has 0 unspecified atom stereocenters. The molecule has 0 bridgehead atoms. The first-order chi connectivity index (χ1) is 10.6. The van der Waals surface area contributed by atoms with E-state index in [1.165, 1.54) is 0 Å². The average molecular weight is 300 g/mol. The minimum Gasteiger partial charge on any atom is -0.462 e. The quantitative estimate of drug-likeness (QED) is 0.804. The summed E-state index contributed by atoms with van der Waals surface area (Å²) < 4.78 is 4.98. The topological polar surface area (TPSA) is 66.8 Å². The highest BCUT2D eigenvalue weighted by Crippen LogP contribution is 2.23. The third-order valence-corrected chi connectivity index (χ3v) is 3.50. The van der Waals surface area contributed by atoms with E-state index < -0.39 is 24.6 Å². The maximum atomic E-state index is 11.9. The number of aliphatic hydroxyl groups is 2. The van der Waals surface area contributed by atoms with Crippen LogP contribution in [0.25, 0.3) is 11.1 Å². The molecule has 2 aromatic carbocycles. The third-order valence-electron chi connectivity index (χ3n) is 3.50. The second-order valence-electron chi connectivity index (χ2n) is 5.18. The highest BCUT2D eigenvalue weighted by atomic mass is 16.5. The summed E-state index contributed by atoms with van der Waals surface area (Å²) in [5, 5.41) is 17.9. The summed E-state index contributed by atoms with van der Waals surface area (Å²) in [5.74, 6) is -0.837. The van der Waals surface area contributed by atoms with Crippen molar-refractivity contribution in [3.05, 3.63) is 60.2 Å². The second kappa shape index (κ2) is 7.73. The molecule has 0 saturated carbocycles. The van der Waals surface area contributed by atoms with Crippen molar-refractivity contribution >= 4 is 5.97 Å². The van der Waals surface area contributed by atoms with Gasteiger partial charge in [-0.25, -0.2) is 0 Å². The zero-order chi connectivity index (χ0) is 15.9. The molecule has 0 radical (unpaired) electrons. The van der Waals surface area contributed by atoms with Crippen LogP contribution in [-0.2, 0) is 9.53 Å². The van der Waals surface area contributed by atoms with E-state index in [0.29, 0.717) is 0 Å². The Bertz CT molecular complexity index is 592. The molecule has 0 aliphatic carbocycles. The van der Waals surface area contributed by atoms with Crippen LogP contribution < -0.4 is 0 Å². The predicted octanol–water partition coefficient (Wildman–Crippen LogP) is 2.35. The Morgan fingerprint density at radius 2 is 1.64 bits per heavy atom. The Kier molecular flexibility index (Phi) is 5.69. The smallest absolute Gasteiger partial charge is 0.313 e. The minimum absolute atomic E-state index is 0.193. The highest BCUT2D eigenvalue weighted by molar-refractivity contribution is 5.78. The van der Waals surface area contributed by atoms with Gasteiger partial charge in [-0.15, -0.1) is 0 Å². The monoisotopic (exact) mass is 300 g/mol. The van der Waals surface area contributed by atoms with Crippen molar-refractivity contribution in [1.29, 1.82) is 0 Å². The summed E-state index contributed by atoms with van der Waals surface area (Å²) in [7, 11) is 0. The van der Waals surface area contributed by atoms with Crippen molar-refractivity contribution in [3.8, 4) is 11.1 Å². The standard InChI is InChI=1S/C18H20O4/c1-13(18(21)22-12-17(20)11-19)14-7-9-16(10-8-14)15-5-3-2-4-6-15/h2-10,13,17,19-20H,11-12H2,1H3/t13-,17+/m0/s1. The Balaban J connectivity index is 2.02. The summed E-state index contributed by atoms with van der Waals surface area (Å²) in [4.78, 5) is 11.9. The van der Waals surface area contributed by atoms with Gasteiger partial charge in [0, 0.05) is 0 Å². The molecular formula is C18H20O4. The SMILES string of the molecule is C[C@H](C(=O)OC[C@H](O)CO)c1ccc(-c2ccccc2)cc1. The van der Waals surface area contributed by atoms with Gasteiger partial charge in [0.2, 0.25) is 0 Å². The van der Waals surface area contributed by atoms with Crippen LogP contribution in [0.15, 0.2) is 54.6 Å². The number of benzene rings is 2. The first-order valence-corrected chi connectivity index (χ1v) is 7.22. The molecule has 0 spiro atoms. The lowest BCUT2D eigenvalue weighted by atomic mass is 9.97. The molecule has 0 heterocycles. The van der Waals surface area contributed by atoms with Gasteiger partial charge >= 0.3 is 5.97 Å². The summed E-state index contributed by atoms with van der Waals surface area (Å²) in [6, 6.07) is 17.7. The van der Waals surface area contributed by atoms with E-state index in [4.69, 9.17) is 9.84 Å². The fraction of sp³-hybridized carbons (Fsp3) is 0.278. The number of hydrogen-bond acceptors (Lipinski definition) is 4. The Morgan fingerprint density at radius 3 is 2.23 bits per heavy atom. The Hall–Kier alpha value is -2.17. The fourth-order valence-electron chi connectivity index (χ4n) is 2.09. The van der Waals surface area contributed by atoms with Gasteiger partial charge in [0.05, 0.1) is 12.5 Å². The zero-order valence-electron chi connectivity index (χ0n) is 12.5. The van der Waals surface area contributed by atoms with Gasteiger partial charge in [-0.3, -0.25) is 4.79 Å². The first kappa shape index (κ1) is 16.2. The molecule has 0 amide bonds. The predicted molar refractivity (Wildman–Crippen MR) is 84.3 cm³/mol. The molecule has 22 heavy (non-hydrogen) atoms. The van der Waals surface area contributed by atoms with Gasteiger partial charge in [-0.1, -0.05) is 54.6 Å². The molecule has 4 heteroatoms. The van der Waals surface area contributed by atoms with Crippen LogP contribution in [0, 0.1) is 0 Å². The van der Waals surface area contributed by atoms with Gasteiger partial charge in [-0.2, -0.15) is 0 Å². The molecule has 2 aromatic rings. The maximum absolute atomic E-state index is 11.9. The van der Waals surface area contributed by atoms with Crippen LogP contribution in [0.4, 0.5) is 0 Å². The van der Waals surface area contributed by atoms with Gasteiger partial charge in [0.15, 0.2) is 0 Å². The summed E-state index contributed by atoms with van der Waals surface area (Å²) in [6.07, 6.45) is -1.03. The number of aliphatic hydroxyl groups excluding tert-OH is 2. The molecule has 0 aliphatic heterocycles. The van der Waals surface area contributed by atoms with Crippen molar-refractivity contribution in [2.75, 3.05) is 13.2 Å². The van der Waals surface area contributed by atoms with Gasteiger partial charge in [0.25, 0.3) is 0 Å². The van der Waals surface area contributed by atoms with Crippen LogP contribution in [0.1, 0.15) is 18.4 Å². The largest absolute Gasteiger partial charge is 0.462 e. The van der Waals surface area contributed by atoms with E-state index in [1.807, 2.05) is 54.6 Å². The van der Waals surface area contributed by atoms with Crippen LogP contribution in [-0.4, -0.2) is 35.5 Å². The summed E-state index contributed by atoms with van der Waals surface area (Å²) in [6.45, 7) is 1.14. The number of hydrogen-bond donors (Lipinski definition) is 2. The fourth-order valence-corrected chi connectivity index (χ4v) is 2.09. The number of carbonyl (C=O) groups excluding carboxylic acids is 1. The molecule has 4 nitrogen and oxygen atoms in total. The molecule has 2 rings (SSSR count).